The Hall–Kier alpha value is -2.74. The van der Waals surface area contributed by atoms with Gasteiger partial charge in [0.05, 0.1) is 12.6 Å². The number of thiophene rings is 1. The minimum absolute atomic E-state index is 0.0255. The molecule has 1 atom stereocenters. The summed E-state index contributed by atoms with van der Waals surface area (Å²) in [7, 11) is 0. The Labute approximate surface area is 207 Å². The van der Waals surface area contributed by atoms with Crippen LogP contribution in [0.3, 0.4) is 0 Å². The molecule has 0 unspecified atom stereocenters. The van der Waals surface area contributed by atoms with Crippen LogP contribution in [-0.4, -0.2) is 65.8 Å². The first-order chi connectivity index (χ1) is 16.5. The molecule has 2 aliphatic heterocycles. The zero-order valence-electron chi connectivity index (χ0n) is 18.6. The van der Waals surface area contributed by atoms with Gasteiger partial charge in [-0.25, -0.2) is 4.39 Å². The molecule has 2 amide bonds. The molecule has 0 bridgehead atoms. The van der Waals surface area contributed by atoms with Crippen molar-refractivity contribution in [1.82, 2.24) is 14.7 Å². The number of nitrogens with zero attached hydrogens (tertiary/aromatic N) is 3. The number of halogens is 2. The fourth-order valence-corrected chi connectivity index (χ4v) is 5.81. The molecule has 5 rings (SSSR count). The Morgan fingerprint density at radius 2 is 1.59 bits per heavy atom. The van der Waals surface area contributed by atoms with Crippen molar-refractivity contribution in [3.05, 3.63) is 92.4 Å². The van der Waals surface area contributed by atoms with Gasteiger partial charge in [0, 0.05) is 48.2 Å². The van der Waals surface area contributed by atoms with Crippen molar-refractivity contribution in [2.45, 2.75) is 12.5 Å². The normalized spacial score (nSPS) is 18.6. The fraction of sp³-hybridized carbons (Fsp3) is 0.308. The van der Waals surface area contributed by atoms with Crippen molar-refractivity contribution in [2.75, 3.05) is 39.3 Å². The number of hydrogen-bond donors (Lipinski definition) is 0. The van der Waals surface area contributed by atoms with Crippen molar-refractivity contribution in [2.24, 2.45) is 0 Å². The maximum absolute atomic E-state index is 13.3. The van der Waals surface area contributed by atoms with E-state index in [0.717, 1.165) is 18.5 Å². The zero-order valence-corrected chi connectivity index (χ0v) is 20.2. The molecule has 5 nitrogen and oxygen atoms in total. The fourth-order valence-electron chi connectivity index (χ4n) is 4.78. The lowest BCUT2D eigenvalue weighted by atomic mass is 9.93. The van der Waals surface area contributed by atoms with Crippen LogP contribution < -0.4 is 0 Å². The first-order valence-corrected chi connectivity index (χ1v) is 12.6. The van der Waals surface area contributed by atoms with E-state index in [2.05, 4.69) is 16.3 Å². The van der Waals surface area contributed by atoms with E-state index >= 15 is 0 Å². The molecule has 1 fully saturated rings. The summed E-state index contributed by atoms with van der Waals surface area (Å²) < 4.78 is 13.2. The van der Waals surface area contributed by atoms with Gasteiger partial charge in [-0.2, -0.15) is 0 Å². The highest BCUT2D eigenvalue weighted by Crippen LogP contribution is 2.38. The van der Waals surface area contributed by atoms with Crippen LogP contribution in [0.5, 0.6) is 0 Å². The van der Waals surface area contributed by atoms with Crippen molar-refractivity contribution < 1.29 is 14.0 Å². The number of carbonyl (C=O) groups is 2. The molecular formula is C26H25ClFN3O2S. The standard InChI is InChI=1S/C26H25ClFN3O2S/c27-20-5-1-18(2-6-20)25-22-10-16-34-23(22)9-11-31(25)17-24(32)29-12-14-30(15-13-29)26(33)19-3-7-21(28)8-4-19/h1-8,10,16,25H,9,11-15,17H2/t25-/m1/s1. The molecule has 1 saturated heterocycles. The van der Waals surface area contributed by atoms with Gasteiger partial charge in [-0.05, 0) is 65.4 Å². The second kappa shape index (κ2) is 9.86. The van der Waals surface area contributed by atoms with Crippen LogP contribution >= 0.6 is 22.9 Å². The average Bonchev–Trinajstić information content (AvgIpc) is 3.34. The summed E-state index contributed by atoms with van der Waals surface area (Å²) in [4.78, 5) is 33.1. The third-order valence-corrected chi connectivity index (χ3v) is 7.85. The van der Waals surface area contributed by atoms with Crippen LogP contribution in [-0.2, 0) is 11.2 Å². The third kappa shape index (κ3) is 4.73. The molecule has 3 heterocycles. The Morgan fingerprint density at radius 3 is 2.29 bits per heavy atom. The molecule has 1 aromatic heterocycles. The minimum atomic E-state index is -0.365. The molecule has 3 aromatic rings. The zero-order chi connectivity index (χ0) is 23.7. The number of carbonyl (C=O) groups excluding carboxylic acids is 2. The van der Waals surface area contributed by atoms with E-state index in [9.17, 15) is 14.0 Å². The van der Waals surface area contributed by atoms with E-state index in [0.29, 0.717) is 43.3 Å². The van der Waals surface area contributed by atoms with Crippen LogP contribution in [0.15, 0.2) is 60.0 Å². The highest BCUT2D eigenvalue weighted by atomic mass is 35.5. The summed E-state index contributed by atoms with van der Waals surface area (Å²) in [5.74, 6) is -0.418. The predicted molar refractivity (Wildman–Crippen MR) is 132 cm³/mol. The highest BCUT2D eigenvalue weighted by molar-refractivity contribution is 7.10. The Balaban J connectivity index is 1.24. The predicted octanol–water partition coefficient (Wildman–Crippen LogP) is 4.47. The Morgan fingerprint density at radius 1 is 0.912 bits per heavy atom. The Bertz CT molecular complexity index is 1170. The van der Waals surface area contributed by atoms with Crippen molar-refractivity contribution >= 4 is 34.8 Å². The number of piperazine rings is 1. The van der Waals surface area contributed by atoms with Gasteiger partial charge >= 0.3 is 0 Å². The van der Waals surface area contributed by atoms with E-state index in [1.165, 1.54) is 34.7 Å². The van der Waals surface area contributed by atoms with Gasteiger partial charge in [0.25, 0.3) is 5.91 Å². The van der Waals surface area contributed by atoms with Gasteiger partial charge in [0.15, 0.2) is 0 Å². The monoisotopic (exact) mass is 497 g/mol. The van der Waals surface area contributed by atoms with E-state index in [1.807, 2.05) is 29.2 Å². The molecule has 0 aliphatic carbocycles. The van der Waals surface area contributed by atoms with Gasteiger partial charge in [-0.1, -0.05) is 23.7 Å². The Kier molecular flexibility index (Phi) is 6.68. The molecule has 0 spiro atoms. The van der Waals surface area contributed by atoms with Gasteiger partial charge < -0.3 is 9.80 Å². The second-order valence-corrected chi connectivity index (χ2v) is 10.1. The van der Waals surface area contributed by atoms with Gasteiger partial charge in [0.2, 0.25) is 5.91 Å². The molecule has 8 heteroatoms. The number of benzene rings is 2. The maximum Gasteiger partial charge on any atom is 0.253 e. The summed E-state index contributed by atoms with van der Waals surface area (Å²) in [5.41, 5.74) is 2.86. The topological polar surface area (TPSA) is 43.9 Å². The largest absolute Gasteiger partial charge is 0.338 e. The lowest BCUT2D eigenvalue weighted by Crippen LogP contribution is -2.53. The van der Waals surface area contributed by atoms with Crippen molar-refractivity contribution in [1.29, 1.82) is 0 Å². The minimum Gasteiger partial charge on any atom is -0.338 e. The van der Waals surface area contributed by atoms with E-state index < -0.39 is 0 Å². The molecule has 176 valence electrons. The van der Waals surface area contributed by atoms with Gasteiger partial charge in [-0.3, -0.25) is 14.5 Å². The second-order valence-electron chi connectivity index (χ2n) is 8.65. The van der Waals surface area contributed by atoms with Crippen LogP contribution in [0.1, 0.15) is 32.4 Å². The summed E-state index contributed by atoms with van der Waals surface area (Å²) in [6, 6.07) is 15.6. The molecule has 0 saturated carbocycles. The van der Waals surface area contributed by atoms with Crippen LogP contribution in [0.25, 0.3) is 0 Å². The SMILES string of the molecule is O=C(CN1CCc2sccc2[C@H]1c1ccc(Cl)cc1)N1CCN(C(=O)c2ccc(F)cc2)CC1. The van der Waals surface area contributed by atoms with E-state index in [-0.39, 0.29) is 23.7 Å². The summed E-state index contributed by atoms with van der Waals surface area (Å²) >= 11 is 7.89. The van der Waals surface area contributed by atoms with E-state index in [4.69, 9.17) is 11.6 Å². The van der Waals surface area contributed by atoms with E-state index in [1.54, 1.807) is 16.2 Å². The quantitative estimate of drug-likeness (QED) is 0.534. The molecule has 2 aliphatic rings. The lowest BCUT2D eigenvalue weighted by molar-refractivity contribution is -0.134. The molecular weight excluding hydrogens is 473 g/mol. The first kappa shape index (κ1) is 23.0. The molecule has 34 heavy (non-hydrogen) atoms. The summed E-state index contributed by atoms with van der Waals surface area (Å²) in [6.45, 7) is 3.07. The first-order valence-electron chi connectivity index (χ1n) is 11.4. The van der Waals surface area contributed by atoms with Crippen LogP contribution in [0.2, 0.25) is 5.02 Å². The summed E-state index contributed by atoms with van der Waals surface area (Å²) in [6.07, 6.45) is 0.935. The number of hydrogen-bond acceptors (Lipinski definition) is 4. The van der Waals surface area contributed by atoms with Gasteiger partial charge in [0.1, 0.15) is 5.82 Å². The highest BCUT2D eigenvalue weighted by Gasteiger charge is 2.33. The smallest absolute Gasteiger partial charge is 0.253 e. The van der Waals surface area contributed by atoms with Crippen LogP contribution in [0, 0.1) is 5.82 Å². The molecule has 0 N–H and O–H groups in total. The summed E-state index contributed by atoms with van der Waals surface area (Å²) in [5, 5.41) is 2.82. The average molecular weight is 498 g/mol. The number of fused-ring (bicyclic) bond motifs is 1. The third-order valence-electron chi connectivity index (χ3n) is 6.60. The van der Waals surface area contributed by atoms with Crippen molar-refractivity contribution in [3.8, 4) is 0 Å². The number of rotatable bonds is 4. The molecule has 0 radical (unpaired) electrons. The lowest BCUT2D eigenvalue weighted by Gasteiger charge is -2.39. The maximum atomic E-state index is 13.3. The van der Waals surface area contributed by atoms with Crippen LogP contribution in [0.4, 0.5) is 4.39 Å². The van der Waals surface area contributed by atoms with Crippen molar-refractivity contribution in [3.63, 3.8) is 0 Å². The van der Waals surface area contributed by atoms with Gasteiger partial charge in [-0.15, -0.1) is 11.3 Å². The molecule has 2 aromatic carbocycles. The number of amides is 2.